The molecule has 0 unspecified atom stereocenters. The van der Waals surface area contributed by atoms with E-state index in [0.717, 1.165) is 17.8 Å². The van der Waals surface area contributed by atoms with E-state index in [9.17, 15) is 5.11 Å². The molecule has 0 aromatic carbocycles. The maximum Gasteiger partial charge on any atom is -0.0187 e. The third-order valence-corrected chi connectivity index (χ3v) is 4.63. The van der Waals surface area contributed by atoms with Gasteiger partial charge in [-0.05, 0) is 61.7 Å². The van der Waals surface area contributed by atoms with E-state index in [1.165, 1.54) is 38.5 Å². The summed E-state index contributed by atoms with van der Waals surface area (Å²) in [6, 6.07) is 0. The first-order valence-corrected chi connectivity index (χ1v) is 5.54. The van der Waals surface area contributed by atoms with Gasteiger partial charge in [-0.15, -0.1) is 12.3 Å². The van der Waals surface area contributed by atoms with Crippen molar-refractivity contribution in [1.82, 2.24) is 0 Å². The van der Waals surface area contributed by atoms with Crippen LogP contribution in [0.5, 0.6) is 0 Å². The van der Waals surface area contributed by atoms with Crippen LogP contribution in [0.15, 0.2) is 12.3 Å². The molecule has 1 nitrogen and oxygen atoms in total. The van der Waals surface area contributed by atoms with Crippen LogP contribution in [-0.4, -0.2) is 0 Å². The van der Waals surface area contributed by atoms with Crippen LogP contribution in [0.4, 0.5) is 0 Å². The van der Waals surface area contributed by atoms with E-state index < -0.39 is 0 Å². The molecule has 0 N–H and O–H groups in total. The first-order valence-electron chi connectivity index (χ1n) is 5.54. The monoisotopic (exact) mass is 177 g/mol. The zero-order valence-electron chi connectivity index (χ0n) is 8.09. The van der Waals surface area contributed by atoms with Crippen LogP contribution >= 0.6 is 0 Å². The topological polar surface area (TPSA) is 23.1 Å². The largest absolute Gasteiger partial charge is 0.875 e. The smallest absolute Gasteiger partial charge is 0.0187 e. The van der Waals surface area contributed by atoms with Crippen molar-refractivity contribution in [2.24, 2.45) is 23.2 Å². The van der Waals surface area contributed by atoms with Crippen molar-refractivity contribution in [3.8, 4) is 0 Å². The Morgan fingerprint density at radius 2 is 1.38 bits per heavy atom. The minimum absolute atomic E-state index is 0.0503. The number of rotatable bonds is 1. The standard InChI is InChI=1S/C12H18O/c1-8(13)12-5-9-2-10(6-12)4-11(3-9)7-12/h9-11,13H,1-7H2/p-1. The summed E-state index contributed by atoms with van der Waals surface area (Å²) < 4.78 is 0. The fraction of sp³-hybridized carbons (Fsp3) is 0.833. The summed E-state index contributed by atoms with van der Waals surface area (Å²) in [7, 11) is 0. The normalized spacial score (nSPS) is 52.5. The molecule has 0 aromatic heterocycles. The predicted octanol–water partition coefficient (Wildman–Crippen LogP) is 2.08. The third kappa shape index (κ3) is 0.992. The summed E-state index contributed by atoms with van der Waals surface area (Å²) in [5.74, 6) is 2.86. The highest BCUT2D eigenvalue weighted by atomic mass is 16.3. The molecule has 1 heteroatoms. The Labute approximate surface area is 79.8 Å². The van der Waals surface area contributed by atoms with Gasteiger partial charge in [-0.3, -0.25) is 0 Å². The van der Waals surface area contributed by atoms with Crippen molar-refractivity contribution in [3.05, 3.63) is 12.3 Å². The molecular weight excluding hydrogens is 160 g/mol. The molecule has 72 valence electrons. The minimum atomic E-state index is 0.0503. The highest BCUT2D eigenvalue weighted by Crippen LogP contribution is 2.61. The molecule has 0 amide bonds. The van der Waals surface area contributed by atoms with Crippen LogP contribution in [-0.2, 0) is 0 Å². The molecule has 13 heavy (non-hydrogen) atoms. The van der Waals surface area contributed by atoms with Crippen molar-refractivity contribution >= 4 is 0 Å². The van der Waals surface area contributed by atoms with Gasteiger partial charge in [0.25, 0.3) is 0 Å². The Bertz CT molecular complexity index is 219. The lowest BCUT2D eigenvalue weighted by molar-refractivity contribution is -0.336. The molecule has 0 aromatic rings. The van der Waals surface area contributed by atoms with Crippen LogP contribution in [0.1, 0.15) is 38.5 Å². The van der Waals surface area contributed by atoms with Gasteiger partial charge >= 0.3 is 0 Å². The molecule has 0 aliphatic heterocycles. The van der Waals surface area contributed by atoms with Crippen molar-refractivity contribution in [1.29, 1.82) is 0 Å². The lowest BCUT2D eigenvalue weighted by atomic mass is 9.49. The second kappa shape index (κ2) is 2.31. The fourth-order valence-electron chi connectivity index (χ4n) is 4.45. The summed E-state index contributed by atoms with van der Waals surface area (Å²) in [4.78, 5) is 0. The van der Waals surface area contributed by atoms with Gasteiger partial charge in [-0.2, -0.15) is 0 Å². The second-order valence-corrected chi connectivity index (χ2v) is 5.62. The minimum Gasteiger partial charge on any atom is -0.875 e. The van der Waals surface area contributed by atoms with Gasteiger partial charge in [0.1, 0.15) is 0 Å². The number of allylic oxidation sites excluding steroid dienone is 1. The maximum atomic E-state index is 11.6. The Morgan fingerprint density at radius 1 is 1.00 bits per heavy atom. The molecule has 0 heterocycles. The molecule has 0 atom stereocenters. The Hall–Kier alpha value is -0.460. The van der Waals surface area contributed by atoms with Crippen molar-refractivity contribution < 1.29 is 5.11 Å². The summed E-state index contributed by atoms with van der Waals surface area (Å²) in [5, 5.41) is 11.6. The number of hydrogen-bond acceptors (Lipinski definition) is 1. The Kier molecular flexibility index (Phi) is 1.41. The molecule has 4 saturated carbocycles. The lowest BCUT2D eigenvalue weighted by Crippen LogP contribution is -2.48. The van der Waals surface area contributed by atoms with Crippen LogP contribution < -0.4 is 5.11 Å². The average molecular weight is 177 g/mol. The Balaban J connectivity index is 1.95. The van der Waals surface area contributed by atoms with E-state index in [1.807, 2.05) is 0 Å². The van der Waals surface area contributed by atoms with E-state index in [-0.39, 0.29) is 11.2 Å². The van der Waals surface area contributed by atoms with E-state index in [0.29, 0.717) is 0 Å². The van der Waals surface area contributed by atoms with E-state index in [1.54, 1.807) is 0 Å². The molecule has 0 spiro atoms. The summed E-state index contributed by atoms with van der Waals surface area (Å²) in [6.45, 7) is 3.69. The maximum absolute atomic E-state index is 11.6. The first kappa shape index (κ1) is 7.90. The van der Waals surface area contributed by atoms with Gasteiger partial charge in [0, 0.05) is 0 Å². The van der Waals surface area contributed by atoms with E-state index in [2.05, 4.69) is 6.58 Å². The second-order valence-electron chi connectivity index (χ2n) is 5.62. The summed E-state index contributed by atoms with van der Waals surface area (Å²) >= 11 is 0. The molecule has 4 bridgehead atoms. The Morgan fingerprint density at radius 3 is 1.69 bits per heavy atom. The molecule has 0 saturated heterocycles. The number of hydrogen-bond donors (Lipinski definition) is 0. The highest BCUT2D eigenvalue weighted by Gasteiger charge is 2.49. The molecule has 4 aliphatic carbocycles. The summed E-state index contributed by atoms with van der Waals surface area (Å²) in [6.07, 6.45) is 7.73. The fourth-order valence-corrected chi connectivity index (χ4v) is 4.45. The van der Waals surface area contributed by atoms with Crippen LogP contribution in [0.3, 0.4) is 0 Å². The summed E-state index contributed by atoms with van der Waals surface area (Å²) in [5.41, 5.74) is 0.0503. The van der Waals surface area contributed by atoms with E-state index >= 15 is 0 Å². The average Bonchev–Trinajstić information content (AvgIpc) is 2.00. The zero-order chi connectivity index (χ0) is 9.05. The molecule has 0 radical (unpaired) electrons. The van der Waals surface area contributed by atoms with Crippen molar-refractivity contribution in [2.75, 3.05) is 0 Å². The molecule has 4 rings (SSSR count). The third-order valence-electron chi connectivity index (χ3n) is 4.63. The zero-order valence-corrected chi connectivity index (χ0v) is 8.09. The van der Waals surface area contributed by atoms with Gasteiger partial charge in [-0.25, -0.2) is 0 Å². The first-order chi connectivity index (χ1) is 6.18. The van der Waals surface area contributed by atoms with Gasteiger partial charge in [-0.1, -0.05) is 0 Å². The predicted molar refractivity (Wildman–Crippen MR) is 49.7 cm³/mol. The van der Waals surface area contributed by atoms with Crippen molar-refractivity contribution in [2.45, 2.75) is 38.5 Å². The van der Waals surface area contributed by atoms with Gasteiger partial charge in [0.05, 0.1) is 0 Å². The van der Waals surface area contributed by atoms with Gasteiger partial charge in [0.15, 0.2) is 0 Å². The molecular formula is C12H17O-. The molecule has 4 fully saturated rings. The van der Waals surface area contributed by atoms with Gasteiger partial charge < -0.3 is 5.11 Å². The van der Waals surface area contributed by atoms with Gasteiger partial charge in [0.2, 0.25) is 0 Å². The SMILES string of the molecule is C=C([O-])C12CC3CC(CC(C3)C1)C2. The van der Waals surface area contributed by atoms with E-state index in [4.69, 9.17) is 0 Å². The lowest BCUT2D eigenvalue weighted by Gasteiger charge is -2.59. The van der Waals surface area contributed by atoms with Crippen LogP contribution in [0, 0.1) is 23.2 Å². The highest BCUT2D eigenvalue weighted by molar-refractivity contribution is 5.11. The molecule has 4 aliphatic rings. The van der Waals surface area contributed by atoms with Crippen molar-refractivity contribution in [3.63, 3.8) is 0 Å². The van der Waals surface area contributed by atoms with Crippen LogP contribution in [0.2, 0.25) is 0 Å². The van der Waals surface area contributed by atoms with Crippen LogP contribution in [0.25, 0.3) is 0 Å². The quantitative estimate of drug-likeness (QED) is 0.562.